The maximum atomic E-state index is 8.46. The van der Waals surface area contributed by atoms with E-state index in [0.717, 1.165) is 11.3 Å². The van der Waals surface area contributed by atoms with E-state index in [-0.39, 0.29) is 5.82 Å². The average molecular weight is 206 g/mol. The first-order valence-corrected chi connectivity index (χ1v) is 4.34. The smallest absolute Gasteiger partial charge is 0.184 e. The molecule has 1 heterocycles. The van der Waals surface area contributed by atoms with Crippen LogP contribution in [0.5, 0.6) is 0 Å². The molecule has 0 radical (unpaired) electrons. The fourth-order valence-corrected chi connectivity index (χ4v) is 1.27. The molecular weight excluding hydrogens is 200 g/mol. The summed E-state index contributed by atoms with van der Waals surface area (Å²) in [6.07, 6.45) is 0. The minimum Gasteiger partial charge on any atom is -0.184 e. The number of hydrogen-bond acceptors (Lipinski definition) is 2. The molecule has 0 aliphatic rings. The summed E-state index contributed by atoms with van der Waals surface area (Å²) in [4.78, 5) is 2.97. The van der Waals surface area contributed by atoms with E-state index < -0.39 is 0 Å². The topological polar surface area (TPSA) is 56.8 Å². The molecule has 2 rings (SSSR count). The van der Waals surface area contributed by atoms with Crippen LogP contribution in [0.2, 0.25) is 5.02 Å². The minimum absolute atomic E-state index is 0.259. The molecule has 2 aromatic rings. The number of diazo groups is 1. The van der Waals surface area contributed by atoms with Crippen molar-refractivity contribution in [3.05, 3.63) is 40.3 Å². The second-order valence-corrected chi connectivity index (χ2v) is 3.18. The van der Waals surface area contributed by atoms with E-state index in [1.165, 1.54) is 0 Å². The predicted octanol–water partition coefficient (Wildman–Crippen LogP) is 3.21. The first-order valence-electron chi connectivity index (χ1n) is 3.96. The lowest BCUT2D eigenvalue weighted by Gasteiger charge is -1.94. The largest absolute Gasteiger partial charge is 0.488 e. The molecule has 0 saturated carbocycles. The number of nitrogens with zero attached hydrogens (tertiary/aromatic N) is 3. The van der Waals surface area contributed by atoms with E-state index in [1.807, 2.05) is 12.1 Å². The molecule has 0 spiro atoms. The van der Waals surface area contributed by atoms with Gasteiger partial charge in [-0.25, -0.2) is 0 Å². The van der Waals surface area contributed by atoms with E-state index in [1.54, 1.807) is 18.2 Å². The van der Waals surface area contributed by atoms with Gasteiger partial charge in [0.25, 0.3) is 0 Å². The van der Waals surface area contributed by atoms with Crippen molar-refractivity contribution in [1.29, 1.82) is 5.39 Å². The van der Waals surface area contributed by atoms with Crippen molar-refractivity contribution in [3.8, 4) is 11.3 Å². The zero-order valence-electron chi connectivity index (χ0n) is 7.11. The van der Waals surface area contributed by atoms with Crippen molar-refractivity contribution in [2.45, 2.75) is 0 Å². The molecule has 14 heavy (non-hydrogen) atoms. The Bertz CT molecular complexity index is 480. The lowest BCUT2D eigenvalue weighted by atomic mass is 10.1. The van der Waals surface area contributed by atoms with Crippen molar-refractivity contribution in [2.24, 2.45) is 0 Å². The van der Waals surface area contributed by atoms with Crippen molar-refractivity contribution in [1.82, 2.24) is 10.2 Å². The summed E-state index contributed by atoms with van der Waals surface area (Å²) in [6.45, 7) is 0. The van der Waals surface area contributed by atoms with Gasteiger partial charge in [-0.1, -0.05) is 23.7 Å². The average Bonchev–Trinajstić information content (AvgIpc) is 2.67. The van der Waals surface area contributed by atoms with Gasteiger partial charge < -0.3 is 0 Å². The fraction of sp³-hybridized carbons (Fsp3) is 0. The summed E-state index contributed by atoms with van der Waals surface area (Å²) in [5, 5.41) is 15.6. The summed E-state index contributed by atoms with van der Waals surface area (Å²) >= 11 is 5.75. The van der Waals surface area contributed by atoms with E-state index in [0.29, 0.717) is 5.02 Å². The maximum Gasteiger partial charge on any atom is 0.488 e. The number of halogens is 1. The molecule has 68 valence electrons. The number of aromatic nitrogens is 2. The second kappa shape index (κ2) is 3.48. The van der Waals surface area contributed by atoms with Crippen LogP contribution in [0.4, 0.5) is 5.82 Å². The van der Waals surface area contributed by atoms with E-state index in [9.17, 15) is 0 Å². The Hall–Kier alpha value is -1.86. The predicted molar refractivity (Wildman–Crippen MR) is 53.8 cm³/mol. The van der Waals surface area contributed by atoms with Crippen molar-refractivity contribution >= 4 is 17.4 Å². The Morgan fingerprint density at radius 2 is 2.00 bits per heavy atom. The van der Waals surface area contributed by atoms with E-state index in [2.05, 4.69) is 15.2 Å². The first-order chi connectivity index (χ1) is 6.79. The zero-order chi connectivity index (χ0) is 9.97. The SMILES string of the molecule is N#[N+]c1cc(-c2ccc(Cl)cc2)[nH]n1. The quantitative estimate of drug-likeness (QED) is 0.727. The molecule has 0 atom stereocenters. The number of benzene rings is 1. The fourth-order valence-electron chi connectivity index (χ4n) is 1.14. The molecule has 0 amide bonds. The Kier molecular flexibility index (Phi) is 2.17. The van der Waals surface area contributed by atoms with Crippen LogP contribution in [-0.2, 0) is 0 Å². The monoisotopic (exact) mass is 205 g/mol. The number of rotatable bonds is 1. The van der Waals surface area contributed by atoms with Crippen molar-refractivity contribution in [3.63, 3.8) is 0 Å². The van der Waals surface area contributed by atoms with Crippen molar-refractivity contribution in [2.75, 3.05) is 0 Å². The highest BCUT2D eigenvalue weighted by atomic mass is 35.5. The van der Waals surface area contributed by atoms with Crippen LogP contribution in [0, 0.1) is 5.39 Å². The van der Waals surface area contributed by atoms with Crippen molar-refractivity contribution < 1.29 is 0 Å². The molecule has 0 fully saturated rings. The zero-order valence-corrected chi connectivity index (χ0v) is 7.86. The van der Waals surface area contributed by atoms with Gasteiger partial charge in [0.05, 0.1) is 22.3 Å². The van der Waals surface area contributed by atoms with Crippen LogP contribution < -0.4 is 0 Å². The van der Waals surface area contributed by atoms with E-state index in [4.69, 9.17) is 17.0 Å². The molecule has 1 aromatic heterocycles. The number of aromatic amines is 1. The molecule has 0 unspecified atom stereocenters. The van der Waals surface area contributed by atoms with Gasteiger partial charge in [-0.05, 0) is 12.1 Å². The van der Waals surface area contributed by atoms with Crippen LogP contribution in [0.25, 0.3) is 16.2 Å². The van der Waals surface area contributed by atoms with E-state index >= 15 is 0 Å². The Morgan fingerprint density at radius 3 is 2.57 bits per heavy atom. The van der Waals surface area contributed by atoms with Gasteiger partial charge in [-0.15, -0.1) is 0 Å². The lowest BCUT2D eigenvalue weighted by molar-refractivity contribution is 1.10. The van der Waals surface area contributed by atoms with Gasteiger partial charge in [0, 0.05) is 15.6 Å². The van der Waals surface area contributed by atoms with Crippen LogP contribution >= 0.6 is 11.6 Å². The van der Waals surface area contributed by atoms with Crippen LogP contribution in [0.1, 0.15) is 0 Å². The molecule has 5 heteroatoms. The standard InChI is InChI=1S/C9H6ClN4/c10-7-3-1-6(2-4-7)8-5-9(12-11)14-13-8/h1-5H,(H,13,14)/q+1. The molecule has 4 nitrogen and oxygen atoms in total. The number of H-pyrrole nitrogens is 1. The van der Waals surface area contributed by atoms with Crippen LogP contribution in [0.15, 0.2) is 30.3 Å². The first kappa shape index (κ1) is 8.73. The highest BCUT2D eigenvalue weighted by Crippen LogP contribution is 2.22. The summed E-state index contributed by atoms with van der Waals surface area (Å²) in [5.74, 6) is 0.259. The minimum atomic E-state index is 0.259. The second-order valence-electron chi connectivity index (χ2n) is 2.75. The summed E-state index contributed by atoms with van der Waals surface area (Å²) in [6, 6.07) is 8.93. The molecule has 0 aliphatic carbocycles. The van der Waals surface area contributed by atoms with Gasteiger partial charge in [-0.3, -0.25) is 0 Å². The van der Waals surface area contributed by atoms with Crippen LogP contribution in [0.3, 0.4) is 0 Å². The molecule has 0 aliphatic heterocycles. The lowest BCUT2D eigenvalue weighted by Crippen LogP contribution is -1.76. The molecule has 1 N–H and O–H groups in total. The van der Waals surface area contributed by atoms with Gasteiger partial charge in [0.2, 0.25) is 0 Å². The highest BCUT2D eigenvalue weighted by molar-refractivity contribution is 6.30. The third kappa shape index (κ3) is 1.58. The summed E-state index contributed by atoms with van der Waals surface area (Å²) < 4.78 is 0. The summed E-state index contributed by atoms with van der Waals surface area (Å²) in [7, 11) is 0. The molecule has 0 bridgehead atoms. The normalized spacial score (nSPS) is 9.71. The third-order valence-electron chi connectivity index (χ3n) is 1.82. The summed E-state index contributed by atoms with van der Waals surface area (Å²) in [5.41, 5.74) is 1.73. The molecular formula is C9H6ClN4+. The third-order valence-corrected chi connectivity index (χ3v) is 2.07. The maximum absolute atomic E-state index is 8.46. The van der Waals surface area contributed by atoms with Crippen LogP contribution in [-0.4, -0.2) is 10.2 Å². The Labute approximate surface area is 85.1 Å². The highest BCUT2D eigenvalue weighted by Gasteiger charge is 2.11. The van der Waals surface area contributed by atoms with Gasteiger partial charge in [0.1, 0.15) is 0 Å². The number of nitrogens with one attached hydrogen (secondary N) is 1. The van der Waals surface area contributed by atoms with Gasteiger partial charge >= 0.3 is 5.82 Å². The van der Waals surface area contributed by atoms with Gasteiger partial charge in [0.15, 0.2) is 0 Å². The molecule has 0 saturated heterocycles. The number of hydrogen-bond donors (Lipinski definition) is 1. The van der Waals surface area contributed by atoms with Gasteiger partial charge in [-0.2, -0.15) is 5.10 Å². The Balaban J connectivity index is 2.40. The molecule has 1 aromatic carbocycles. The Morgan fingerprint density at radius 1 is 1.29 bits per heavy atom.